The van der Waals surface area contributed by atoms with E-state index in [9.17, 15) is 9.59 Å². The van der Waals surface area contributed by atoms with Crippen molar-refractivity contribution in [1.29, 1.82) is 0 Å². The number of oxazole rings is 1. The standard InChI is InChI=1S/C14H17N3O3/c1-10(18)5-8-17(9-6-11(2)19)14-16-13-12(20-14)4-3-7-15-13/h3-4,7H,5-6,8-9H2,1-2H3. The molecular weight excluding hydrogens is 258 g/mol. The number of pyridine rings is 1. The van der Waals surface area contributed by atoms with Crippen LogP contribution in [-0.2, 0) is 9.59 Å². The van der Waals surface area contributed by atoms with E-state index in [1.54, 1.807) is 18.3 Å². The third-order valence-corrected chi connectivity index (χ3v) is 2.89. The summed E-state index contributed by atoms with van der Waals surface area (Å²) in [5, 5.41) is 0. The average Bonchev–Trinajstić information content (AvgIpc) is 2.81. The van der Waals surface area contributed by atoms with Gasteiger partial charge in [0.25, 0.3) is 6.01 Å². The molecule has 2 rings (SSSR count). The van der Waals surface area contributed by atoms with Gasteiger partial charge in [0.05, 0.1) is 0 Å². The highest BCUT2D eigenvalue weighted by molar-refractivity contribution is 5.77. The molecule has 2 heterocycles. The van der Waals surface area contributed by atoms with Gasteiger partial charge in [-0.15, -0.1) is 0 Å². The molecule has 0 aliphatic heterocycles. The maximum absolute atomic E-state index is 11.1. The molecule has 0 spiro atoms. The number of ketones is 2. The van der Waals surface area contributed by atoms with E-state index >= 15 is 0 Å². The number of hydrogen-bond donors (Lipinski definition) is 0. The second-order valence-corrected chi connectivity index (χ2v) is 4.71. The van der Waals surface area contributed by atoms with E-state index in [0.29, 0.717) is 43.2 Å². The van der Waals surface area contributed by atoms with Gasteiger partial charge in [-0.3, -0.25) is 9.59 Å². The second-order valence-electron chi connectivity index (χ2n) is 4.71. The number of Topliss-reactive ketones (excluding diaryl/α,β-unsaturated/α-hetero) is 2. The number of hydrogen-bond acceptors (Lipinski definition) is 6. The van der Waals surface area contributed by atoms with Gasteiger partial charge in [0.1, 0.15) is 11.6 Å². The molecule has 0 saturated heterocycles. The predicted molar refractivity (Wildman–Crippen MR) is 74.6 cm³/mol. The Labute approximate surface area is 116 Å². The van der Waals surface area contributed by atoms with E-state index in [2.05, 4.69) is 9.97 Å². The van der Waals surface area contributed by atoms with Gasteiger partial charge in [-0.1, -0.05) is 0 Å². The molecule has 6 nitrogen and oxygen atoms in total. The van der Waals surface area contributed by atoms with E-state index in [0.717, 1.165) is 0 Å². The van der Waals surface area contributed by atoms with Gasteiger partial charge in [-0.05, 0) is 26.0 Å². The molecule has 6 heteroatoms. The number of rotatable bonds is 7. The minimum absolute atomic E-state index is 0.0899. The monoisotopic (exact) mass is 275 g/mol. The van der Waals surface area contributed by atoms with Crippen molar-refractivity contribution in [2.75, 3.05) is 18.0 Å². The Morgan fingerprint density at radius 3 is 2.40 bits per heavy atom. The number of fused-ring (bicyclic) bond motifs is 1. The molecule has 0 aliphatic carbocycles. The molecule has 0 atom stereocenters. The van der Waals surface area contributed by atoms with Gasteiger partial charge in [0, 0.05) is 32.1 Å². The van der Waals surface area contributed by atoms with Crippen LogP contribution >= 0.6 is 0 Å². The highest BCUT2D eigenvalue weighted by Gasteiger charge is 2.15. The Morgan fingerprint density at radius 1 is 1.20 bits per heavy atom. The Morgan fingerprint density at radius 2 is 1.85 bits per heavy atom. The zero-order valence-electron chi connectivity index (χ0n) is 11.6. The second kappa shape index (κ2) is 6.27. The van der Waals surface area contributed by atoms with Crippen LogP contribution in [0.3, 0.4) is 0 Å². The molecule has 0 radical (unpaired) electrons. The van der Waals surface area contributed by atoms with Crippen molar-refractivity contribution in [1.82, 2.24) is 9.97 Å². The van der Waals surface area contributed by atoms with Gasteiger partial charge < -0.3 is 9.32 Å². The number of nitrogens with zero attached hydrogens (tertiary/aromatic N) is 3. The Bertz CT molecular complexity index is 570. The smallest absolute Gasteiger partial charge is 0.299 e. The minimum atomic E-state index is 0.0899. The molecule has 0 fully saturated rings. The van der Waals surface area contributed by atoms with Crippen LogP contribution in [0.1, 0.15) is 26.7 Å². The summed E-state index contributed by atoms with van der Waals surface area (Å²) in [5.74, 6) is 0.180. The van der Waals surface area contributed by atoms with Crippen LogP contribution in [0.4, 0.5) is 6.01 Å². The first-order chi connectivity index (χ1) is 9.56. The van der Waals surface area contributed by atoms with Crippen LogP contribution in [0.2, 0.25) is 0 Å². The van der Waals surface area contributed by atoms with Crippen LogP contribution in [0.25, 0.3) is 11.2 Å². The molecule has 0 aromatic carbocycles. The molecule has 0 bridgehead atoms. The Kier molecular flexibility index (Phi) is 4.45. The lowest BCUT2D eigenvalue weighted by Crippen LogP contribution is -2.28. The number of aromatic nitrogens is 2. The molecule has 0 unspecified atom stereocenters. The molecule has 0 aliphatic rings. The lowest BCUT2D eigenvalue weighted by molar-refractivity contribution is -0.117. The van der Waals surface area contributed by atoms with Crippen molar-refractivity contribution in [3.8, 4) is 0 Å². The molecule has 2 aromatic rings. The van der Waals surface area contributed by atoms with Gasteiger partial charge in [-0.25, -0.2) is 4.98 Å². The van der Waals surface area contributed by atoms with E-state index in [4.69, 9.17) is 4.42 Å². The number of carbonyl (C=O) groups excluding carboxylic acids is 2. The fraction of sp³-hybridized carbons (Fsp3) is 0.429. The highest BCUT2D eigenvalue weighted by Crippen LogP contribution is 2.20. The highest BCUT2D eigenvalue weighted by atomic mass is 16.4. The molecule has 0 amide bonds. The Balaban J connectivity index is 2.19. The lowest BCUT2D eigenvalue weighted by atomic mass is 10.2. The summed E-state index contributed by atoms with van der Waals surface area (Å²) in [7, 11) is 0. The molecule has 20 heavy (non-hydrogen) atoms. The lowest BCUT2D eigenvalue weighted by Gasteiger charge is -2.18. The zero-order chi connectivity index (χ0) is 14.5. The summed E-state index contributed by atoms with van der Waals surface area (Å²) in [6.45, 7) is 4.04. The van der Waals surface area contributed by atoms with Crippen molar-refractivity contribution in [2.24, 2.45) is 0 Å². The molecule has 0 saturated carbocycles. The summed E-state index contributed by atoms with van der Waals surface area (Å²) in [6.07, 6.45) is 2.43. The summed E-state index contributed by atoms with van der Waals surface area (Å²) in [4.78, 5) is 32.5. The van der Waals surface area contributed by atoms with Crippen LogP contribution in [0.5, 0.6) is 0 Å². The van der Waals surface area contributed by atoms with Crippen LogP contribution in [-0.4, -0.2) is 34.6 Å². The fourth-order valence-corrected chi connectivity index (χ4v) is 1.78. The molecule has 2 aromatic heterocycles. The third kappa shape index (κ3) is 3.63. The maximum Gasteiger partial charge on any atom is 0.299 e. The first-order valence-electron chi connectivity index (χ1n) is 6.51. The van der Waals surface area contributed by atoms with Crippen LogP contribution < -0.4 is 4.90 Å². The van der Waals surface area contributed by atoms with Crippen LogP contribution in [0, 0.1) is 0 Å². The molecular formula is C14H17N3O3. The quantitative estimate of drug-likeness (QED) is 0.769. The summed E-state index contributed by atoms with van der Waals surface area (Å²) in [5.41, 5.74) is 1.12. The topological polar surface area (TPSA) is 76.3 Å². The van der Waals surface area contributed by atoms with Gasteiger partial charge >= 0.3 is 0 Å². The van der Waals surface area contributed by atoms with Crippen LogP contribution in [0.15, 0.2) is 22.7 Å². The van der Waals surface area contributed by atoms with Crippen molar-refractivity contribution in [3.05, 3.63) is 18.3 Å². The summed E-state index contributed by atoms with van der Waals surface area (Å²) >= 11 is 0. The first kappa shape index (κ1) is 14.2. The van der Waals surface area contributed by atoms with E-state index in [-0.39, 0.29) is 11.6 Å². The minimum Gasteiger partial charge on any atom is -0.422 e. The normalized spacial score (nSPS) is 10.7. The predicted octanol–water partition coefficient (Wildman–Crippen LogP) is 1.99. The maximum atomic E-state index is 11.1. The van der Waals surface area contributed by atoms with Crippen molar-refractivity contribution < 1.29 is 14.0 Å². The van der Waals surface area contributed by atoms with Gasteiger partial charge in [0.15, 0.2) is 5.58 Å². The average molecular weight is 275 g/mol. The molecule has 106 valence electrons. The van der Waals surface area contributed by atoms with Gasteiger partial charge in [-0.2, -0.15) is 4.98 Å². The van der Waals surface area contributed by atoms with E-state index in [1.165, 1.54) is 13.8 Å². The van der Waals surface area contributed by atoms with Crippen molar-refractivity contribution >= 4 is 28.8 Å². The van der Waals surface area contributed by atoms with Crippen molar-refractivity contribution in [2.45, 2.75) is 26.7 Å². The number of anilines is 1. The third-order valence-electron chi connectivity index (χ3n) is 2.89. The largest absolute Gasteiger partial charge is 0.422 e. The summed E-state index contributed by atoms with van der Waals surface area (Å²) in [6, 6.07) is 3.96. The summed E-state index contributed by atoms with van der Waals surface area (Å²) < 4.78 is 5.62. The SMILES string of the molecule is CC(=O)CCN(CCC(C)=O)c1nc2ncccc2o1. The Hall–Kier alpha value is -2.24. The van der Waals surface area contributed by atoms with E-state index in [1.807, 2.05) is 4.90 Å². The first-order valence-corrected chi connectivity index (χ1v) is 6.51. The van der Waals surface area contributed by atoms with E-state index < -0.39 is 0 Å². The van der Waals surface area contributed by atoms with Gasteiger partial charge in [0.2, 0.25) is 5.65 Å². The van der Waals surface area contributed by atoms with Crippen molar-refractivity contribution in [3.63, 3.8) is 0 Å². The molecule has 0 N–H and O–H groups in total. The number of carbonyl (C=O) groups is 2. The fourth-order valence-electron chi connectivity index (χ4n) is 1.78. The zero-order valence-corrected chi connectivity index (χ0v) is 11.6.